The summed E-state index contributed by atoms with van der Waals surface area (Å²) < 4.78 is 0. The Hall–Kier alpha value is -0.520. The third kappa shape index (κ3) is 1.24. The van der Waals surface area contributed by atoms with Gasteiger partial charge in [0.1, 0.15) is 0 Å². The van der Waals surface area contributed by atoms with Crippen molar-refractivity contribution in [2.24, 2.45) is 11.8 Å². The predicted molar refractivity (Wildman–Crippen MR) is 41.2 cm³/mol. The van der Waals surface area contributed by atoms with E-state index in [1.807, 2.05) is 6.08 Å². The van der Waals surface area contributed by atoms with Crippen molar-refractivity contribution in [1.29, 1.82) is 0 Å². The van der Waals surface area contributed by atoms with E-state index in [1.165, 1.54) is 12.0 Å². The zero-order chi connectivity index (χ0) is 6.85. The quantitative estimate of drug-likeness (QED) is 0.505. The molecule has 0 aromatic carbocycles. The van der Waals surface area contributed by atoms with Gasteiger partial charge in [-0.05, 0) is 24.7 Å². The van der Waals surface area contributed by atoms with Crippen LogP contribution in [-0.2, 0) is 0 Å². The number of rotatable bonds is 3. The molecule has 0 radical (unpaired) electrons. The largest absolute Gasteiger partial charge is 0.103 e. The molecular formula is C9H14. The van der Waals surface area contributed by atoms with Crippen molar-refractivity contribution in [3.8, 4) is 0 Å². The summed E-state index contributed by atoms with van der Waals surface area (Å²) in [4.78, 5) is 0. The molecule has 0 amide bonds. The summed E-state index contributed by atoms with van der Waals surface area (Å²) in [5, 5.41) is 0. The fraction of sp³-hybridized carbons (Fsp3) is 0.556. The van der Waals surface area contributed by atoms with Crippen molar-refractivity contribution >= 4 is 0 Å². The van der Waals surface area contributed by atoms with Crippen LogP contribution < -0.4 is 0 Å². The van der Waals surface area contributed by atoms with Gasteiger partial charge in [0.2, 0.25) is 0 Å². The molecule has 0 bridgehead atoms. The molecule has 1 saturated carbocycles. The zero-order valence-electron chi connectivity index (χ0n) is 6.06. The van der Waals surface area contributed by atoms with Gasteiger partial charge in [-0.1, -0.05) is 25.2 Å². The highest BCUT2D eigenvalue weighted by Crippen LogP contribution is 2.46. The van der Waals surface area contributed by atoms with Gasteiger partial charge in [0.25, 0.3) is 0 Å². The van der Waals surface area contributed by atoms with Gasteiger partial charge in [-0.25, -0.2) is 0 Å². The molecule has 2 unspecified atom stereocenters. The van der Waals surface area contributed by atoms with Crippen molar-refractivity contribution in [3.63, 3.8) is 0 Å². The van der Waals surface area contributed by atoms with Gasteiger partial charge in [0.05, 0.1) is 0 Å². The van der Waals surface area contributed by atoms with Gasteiger partial charge in [0.15, 0.2) is 0 Å². The van der Waals surface area contributed by atoms with Crippen LogP contribution in [0.4, 0.5) is 0 Å². The summed E-state index contributed by atoms with van der Waals surface area (Å²) >= 11 is 0. The zero-order valence-corrected chi connectivity index (χ0v) is 6.06. The molecule has 50 valence electrons. The van der Waals surface area contributed by atoms with Gasteiger partial charge in [-0.3, -0.25) is 0 Å². The Balaban J connectivity index is 2.17. The second kappa shape index (κ2) is 2.38. The van der Waals surface area contributed by atoms with Crippen molar-refractivity contribution in [2.75, 3.05) is 0 Å². The van der Waals surface area contributed by atoms with Gasteiger partial charge in [-0.15, -0.1) is 6.58 Å². The first-order valence-corrected chi connectivity index (χ1v) is 3.57. The fourth-order valence-corrected chi connectivity index (χ4v) is 1.28. The number of allylic oxidation sites excluding steroid dienone is 2. The SMILES string of the molecule is C=CCCC1C(=C)C1C. The second-order valence-electron chi connectivity index (χ2n) is 2.84. The van der Waals surface area contributed by atoms with E-state index in [2.05, 4.69) is 20.1 Å². The molecule has 0 spiro atoms. The first-order valence-electron chi connectivity index (χ1n) is 3.57. The normalized spacial score (nSPS) is 32.3. The molecule has 0 nitrogen and oxygen atoms in total. The van der Waals surface area contributed by atoms with Crippen LogP contribution >= 0.6 is 0 Å². The lowest BCUT2D eigenvalue weighted by Crippen LogP contribution is -1.75. The molecule has 9 heavy (non-hydrogen) atoms. The molecule has 0 aliphatic heterocycles. The molecule has 1 fully saturated rings. The Morgan fingerprint density at radius 1 is 1.67 bits per heavy atom. The lowest BCUT2D eigenvalue weighted by atomic mass is 10.2. The number of hydrogen-bond acceptors (Lipinski definition) is 0. The van der Waals surface area contributed by atoms with E-state index < -0.39 is 0 Å². The second-order valence-corrected chi connectivity index (χ2v) is 2.84. The summed E-state index contributed by atoms with van der Waals surface area (Å²) in [5.74, 6) is 1.62. The molecule has 2 atom stereocenters. The monoisotopic (exact) mass is 122 g/mol. The highest BCUT2D eigenvalue weighted by Gasteiger charge is 2.36. The minimum absolute atomic E-state index is 0.796. The maximum Gasteiger partial charge on any atom is -0.0137 e. The lowest BCUT2D eigenvalue weighted by Gasteiger charge is -1.87. The molecule has 0 N–H and O–H groups in total. The lowest BCUT2D eigenvalue weighted by molar-refractivity contribution is 0.689. The van der Waals surface area contributed by atoms with E-state index in [0.717, 1.165) is 18.3 Å². The smallest absolute Gasteiger partial charge is 0.0137 e. The molecule has 0 heteroatoms. The fourth-order valence-electron chi connectivity index (χ4n) is 1.28. The van der Waals surface area contributed by atoms with Crippen LogP contribution in [0, 0.1) is 11.8 Å². The van der Waals surface area contributed by atoms with Crippen LogP contribution in [0.3, 0.4) is 0 Å². The van der Waals surface area contributed by atoms with Crippen LogP contribution in [-0.4, -0.2) is 0 Å². The van der Waals surface area contributed by atoms with Crippen molar-refractivity contribution in [1.82, 2.24) is 0 Å². The third-order valence-electron chi connectivity index (χ3n) is 2.24. The van der Waals surface area contributed by atoms with E-state index in [9.17, 15) is 0 Å². The van der Waals surface area contributed by atoms with E-state index in [1.54, 1.807) is 0 Å². The Morgan fingerprint density at radius 2 is 2.22 bits per heavy atom. The van der Waals surface area contributed by atoms with E-state index in [0.29, 0.717) is 0 Å². The van der Waals surface area contributed by atoms with Gasteiger partial charge < -0.3 is 0 Å². The third-order valence-corrected chi connectivity index (χ3v) is 2.24. The maximum atomic E-state index is 3.95. The van der Waals surface area contributed by atoms with Gasteiger partial charge in [0, 0.05) is 0 Å². The average Bonchev–Trinajstić information content (AvgIpc) is 2.39. The molecular weight excluding hydrogens is 108 g/mol. The van der Waals surface area contributed by atoms with Crippen LogP contribution in [0.5, 0.6) is 0 Å². The summed E-state index contributed by atoms with van der Waals surface area (Å²) in [5.41, 5.74) is 1.44. The van der Waals surface area contributed by atoms with Crippen molar-refractivity contribution < 1.29 is 0 Å². The van der Waals surface area contributed by atoms with Crippen molar-refractivity contribution in [3.05, 3.63) is 24.8 Å². The molecule has 1 rings (SSSR count). The van der Waals surface area contributed by atoms with Crippen molar-refractivity contribution in [2.45, 2.75) is 19.8 Å². The van der Waals surface area contributed by atoms with Crippen LogP contribution in [0.2, 0.25) is 0 Å². The summed E-state index contributed by atoms with van der Waals surface area (Å²) in [6.07, 6.45) is 4.40. The van der Waals surface area contributed by atoms with E-state index in [-0.39, 0.29) is 0 Å². The van der Waals surface area contributed by atoms with Gasteiger partial charge >= 0.3 is 0 Å². The molecule has 0 aromatic rings. The van der Waals surface area contributed by atoms with Crippen LogP contribution in [0.15, 0.2) is 24.8 Å². The minimum Gasteiger partial charge on any atom is -0.103 e. The predicted octanol–water partition coefficient (Wildman–Crippen LogP) is 2.77. The molecule has 1 aliphatic carbocycles. The molecule has 0 heterocycles. The first kappa shape index (κ1) is 6.60. The molecule has 1 aliphatic rings. The Kier molecular flexibility index (Phi) is 1.75. The highest BCUT2D eigenvalue weighted by atomic mass is 14.4. The van der Waals surface area contributed by atoms with Gasteiger partial charge in [-0.2, -0.15) is 0 Å². The summed E-state index contributed by atoms with van der Waals surface area (Å²) in [7, 11) is 0. The summed E-state index contributed by atoms with van der Waals surface area (Å²) in [6, 6.07) is 0. The minimum atomic E-state index is 0.796. The average molecular weight is 122 g/mol. The molecule has 0 saturated heterocycles. The Bertz CT molecular complexity index is 133. The Labute approximate surface area is 57.3 Å². The molecule has 0 aromatic heterocycles. The highest BCUT2D eigenvalue weighted by molar-refractivity contribution is 5.24. The van der Waals surface area contributed by atoms with Crippen LogP contribution in [0.1, 0.15) is 19.8 Å². The topological polar surface area (TPSA) is 0 Å². The maximum absolute atomic E-state index is 3.95. The van der Waals surface area contributed by atoms with E-state index >= 15 is 0 Å². The standard InChI is InChI=1S/C9H14/c1-4-5-6-9-7(2)8(9)3/h4,8-9H,1-2,5-6H2,3H3. The van der Waals surface area contributed by atoms with E-state index in [4.69, 9.17) is 0 Å². The van der Waals surface area contributed by atoms with Crippen LogP contribution in [0.25, 0.3) is 0 Å². The first-order chi connectivity index (χ1) is 4.27. The summed E-state index contributed by atoms with van der Waals surface area (Å²) in [6.45, 7) is 9.87. The number of hydrogen-bond donors (Lipinski definition) is 0. The Morgan fingerprint density at radius 3 is 2.56 bits per heavy atom.